The van der Waals surface area contributed by atoms with Gasteiger partial charge in [-0.15, -0.1) is 10.2 Å². The molecule has 0 spiro atoms. The summed E-state index contributed by atoms with van der Waals surface area (Å²) < 4.78 is 1.75. The zero-order valence-corrected chi connectivity index (χ0v) is 18.8. The Morgan fingerprint density at radius 1 is 1.09 bits per heavy atom. The second kappa shape index (κ2) is 10.3. The molecule has 1 aliphatic rings. The van der Waals surface area contributed by atoms with Gasteiger partial charge in [0.1, 0.15) is 6.33 Å². The summed E-state index contributed by atoms with van der Waals surface area (Å²) in [6.45, 7) is 2.57. The van der Waals surface area contributed by atoms with Crippen LogP contribution in [0.15, 0.2) is 60.0 Å². The molecule has 32 heavy (non-hydrogen) atoms. The van der Waals surface area contributed by atoms with Crippen LogP contribution in [0.3, 0.4) is 0 Å². The van der Waals surface area contributed by atoms with Crippen molar-refractivity contribution in [2.45, 2.75) is 24.5 Å². The van der Waals surface area contributed by atoms with Gasteiger partial charge in [-0.25, -0.2) is 0 Å². The molecule has 0 bridgehead atoms. The van der Waals surface area contributed by atoms with Crippen molar-refractivity contribution in [1.82, 2.24) is 20.1 Å². The molecule has 0 atom stereocenters. The standard InChI is InChI=1S/C23H26N6O2S/c1-28-16-25-27-23(28)32-15-21(30)26-19-9-6-8-17(13-19)22(31)24-14-18-7-2-3-10-20(18)29-11-4-5-12-29/h2-3,6-10,13,16H,4-5,11-12,14-15H2,1H3,(H,24,31)(H,26,30). The van der Waals surface area contributed by atoms with E-state index in [4.69, 9.17) is 0 Å². The van der Waals surface area contributed by atoms with Gasteiger partial charge in [0.25, 0.3) is 5.91 Å². The number of aromatic nitrogens is 3. The Hall–Kier alpha value is -3.33. The lowest BCUT2D eigenvalue weighted by molar-refractivity contribution is -0.113. The quantitative estimate of drug-likeness (QED) is 0.513. The van der Waals surface area contributed by atoms with Gasteiger partial charge in [-0.1, -0.05) is 36.0 Å². The average Bonchev–Trinajstić information content (AvgIpc) is 3.48. The van der Waals surface area contributed by atoms with E-state index in [1.54, 1.807) is 35.2 Å². The molecule has 8 nitrogen and oxygen atoms in total. The highest BCUT2D eigenvalue weighted by Crippen LogP contribution is 2.24. The van der Waals surface area contributed by atoms with Gasteiger partial charge >= 0.3 is 0 Å². The fourth-order valence-corrected chi connectivity index (χ4v) is 4.36. The van der Waals surface area contributed by atoms with Gasteiger partial charge in [0.15, 0.2) is 5.16 Å². The number of carbonyl (C=O) groups is 2. The zero-order chi connectivity index (χ0) is 22.3. The second-order valence-electron chi connectivity index (χ2n) is 7.65. The molecule has 1 aliphatic heterocycles. The number of nitrogens with one attached hydrogen (secondary N) is 2. The molecule has 1 fully saturated rings. The van der Waals surface area contributed by atoms with Crippen molar-refractivity contribution < 1.29 is 9.59 Å². The molecule has 0 radical (unpaired) electrons. The maximum Gasteiger partial charge on any atom is 0.251 e. The predicted octanol–water partition coefficient (Wildman–Crippen LogP) is 3.08. The first kappa shape index (κ1) is 21.9. The molecule has 0 unspecified atom stereocenters. The largest absolute Gasteiger partial charge is 0.371 e. The lowest BCUT2D eigenvalue weighted by atomic mass is 10.1. The minimum atomic E-state index is -0.175. The Morgan fingerprint density at radius 2 is 1.91 bits per heavy atom. The molecule has 3 aromatic rings. The number of amides is 2. The third-order valence-corrected chi connectivity index (χ3v) is 6.32. The molecule has 2 N–H and O–H groups in total. The fraction of sp³-hybridized carbons (Fsp3) is 0.304. The monoisotopic (exact) mass is 450 g/mol. The Morgan fingerprint density at radius 3 is 2.69 bits per heavy atom. The van der Waals surface area contributed by atoms with Crippen LogP contribution in [-0.2, 0) is 18.4 Å². The minimum absolute atomic E-state index is 0.171. The van der Waals surface area contributed by atoms with Crippen LogP contribution in [0.4, 0.5) is 11.4 Å². The first-order valence-electron chi connectivity index (χ1n) is 10.6. The summed E-state index contributed by atoms with van der Waals surface area (Å²) in [4.78, 5) is 27.4. The normalized spacial score (nSPS) is 13.2. The molecule has 2 heterocycles. The minimum Gasteiger partial charge on any atom is -0.371 e. The zero-order valence-electron chi connectivity index (χ0n) is 18.0. The van der Waals surface area contributed by atoms with Crippen LogP contribution in [0.2, 0.25) is 0 Å². The number of para-hydroxylation sites is 1. The molecule has 2 amide bonds. The third kappa shape index (κ3) is 5.47. The van der Waals surface area contributed by atoms with Crippen molar-refractivity contribution in [2.75, 3.05) is 29.1 Å². The summed E-state index contributed by atoms with van der Waals surface area (Å²) in [7, 11) is 1.83. The maximum absolute atomic E-state index is 12.7. The molecule has 2 aromatic carbocycles. The number of aryl methyl sites for hydroxylation is 1. The van der Waals surface area contributed by atoms with E-state index in [0.717, 1.165) is 18.7 Å². The number of thioether (sulfide) groups is 1. The van der Waals surface area contributed by atoms with Gasteiger partial charge in [-0.2, -0.15) is 0 Å². The average molecular weight is 451 g/mol. The van der Waals surface area contributed by atoms with Gasteiger partial charge in [0.2, 0.25) is 5.91 Å². The Balaban J connectivity index is 1.33. The summed E-state index contributed by atoms with van der Waals surface area (Å²) in [5.41, 5.74) is 3.38. The number of benzene rings is 2. The van der Waals surface area contributed by atoms with Crippen molar-refractivity contribution in [3.05, 3.63) is 66.0 Å². The molecular formula is C23H26N6O2S. The Bertz CT molecular complexity index is 1090. The number of anilines is 2. The van der Waals surface area contributed by atoms with Crippen LogP contribution < -0.4 is 15.5 Å². The van der Waals surface area contributed by atoms with Gasteiger partial charge < -0.3 is 20.1 Å². The fourth-order valence-electron chi connectivity index (χ4n) is 3.67. The lowest BCUT2D eigenvalue weighted by Crippen LogP contribution is -2.25. The number of hydrogen-bond acceptors (Lipinski definition) is 6. The third-order valence-electron chi connectivity index (χ3n) is 5.29. The van der Waals surface area contributed by atoms with E-state index in [0.29, 0.717) is 23.0 Å². The predicted molar refractivity (Wildman–Crippen MR) is 126 cm³/mol. The van der Waals surface area contributed by atoms with Crippen molar-refractivity contribution >= 4 is 35.0 Å². The summed E-state index contributed by atoms with van der Waals surface area (Å²) in [5.74, 6) is -0.142. The number of nitrogens with zero attached hydrogens (tertiary/aromatic N) is 4. The summed E-state index contributed by atoms with van der Waals surface area (Å²) in [5, 5.41) is 14.3. The number of rotatable bonds is 8. The highest BCUT2D eigenvalue weighted by atomic mass is 32.2. The molecule has 166 valence electrons. The van der Waals surface area contributed by atoms with E-state index in [-0.39, 0.29) is 17.6 Å². The highest BCUT2D eigenvalue weighted by Gasteiger charge is 2.16. The smallest absolute Gasteiger partial charge is 0.251 e. The van der Waals surface area contributed by atoms with Crippen LogP contribution >= 0.6 is 11.8 Å². The van der Waals surface area contributed by atoms with Crippen LogP contribution in [0.1, 0.15) is 28.8 Å². The summed E-state index contributed by atoms with van der Waals surface area (Å²) in [6.07, 6.45) is 4.00. The topological polar surface area (TPSA) is 92.1 Å². The number of hydrogen-bond donors (Lipinski definition) is 2. The van der Waals surface area contributed by atoms with E-state index < -0.39 is 0 Å². The van der Waals surface area contributed by atoms with E-state index >= 15 is 0 Å². The highest BCUT2D eigenvalue weighted by molar-refractivity contribution is 7.99. The first-order chi connectivity index (χ1) is 15.6. The van der Waals surface area contributed by atoms with Gasteiger partial charge in [0.05, 0.1) is 5.75 Å². The molecule has 9 heteroatoms. The Labute approximate surface area is 191 Å². The Kier molecular flexibility index (Phi) is 7.06. The molecule has 0 saturated carbocycles. The van der Waals surface area contributed by atoms with Crippen molar-refractivity contribution in [3.8, 4) is 0 Å². The van der Waals surface area contributed by atoms with Crippen LogP contribution in [0, 0.1) is 0 Å². The summed E-state index contributed by atoms with van der Waals surface area (Å²) >= 11 is 1.30. The van der Waals surface area contributed by atoms with Crippen LogP contribution in [0.5, 0.6) is 0 Å². The molecule has 0 aliphatic carbocycles. The van der Waals surface area contributed by atoms with Gasteiger partial charge in [-0.05, 0) is 42.7 Å². The van der Waals surface area contributed by atoms with E-state index in [2.05, 4.69) is 37.9 Å². The van der Waals surface area contributed by atoms with Gasteiger partial charge in [0, 0.05) is 43.6 Å². The first-order valence-corrected chi connectivity index (χ1v) is 11.6. The van der Waals surface area contributed by atoms with Crippen molar-refractivity contribution in [3.63, 3.8) is 0 Å². The summed E-state index contributed by atoms with van der Waals surface area (Å²) in [6, 6.07) is 15.2. The second-order valence-corrected chi connectivity index (χ2v) is 8.59. The molecule has 4 rings (SSSR count). The van der Waals surface area contributed by atoms with E-state index in [1.165, 1.54) is 30.3 Å². The SMILES string of the molecule is Cn1cnnc1SCC(=O)Nc1cccc(C(=O)NCc2ccccc2N2CCCC2)c1. The number of carbonyl (C=O) groups excluding carboxylic acids is 2. The molecular weight excluding hydrogens is 424 g/mol. The van der Waals surface area contributed by atoms with E-state index in [1.807, 2.05) is 19.2 Å². The molecule has 1 saturated heterocycles. The van der Waals surface area contributed by atoms with E-state index in [9.17, 15) is 9.59 Å². The van der Waals surface area contributed by atoms with Crippen molar-refractivity contribution in [1.29, 1.82) is 0 Å². The lowest BCUT2D eigenvalue weighted by Gasteiger charge is -2.21. The van der Waals surface area contributed by atoms with Crippen molar-refractivity contribution in [2.24, 2.45) is 7.05 Å². The maximum atomic E-state index is 12.7. The van der Waals surface area contributed by atoms with Crippen LogP contribution in [0.25, 0.3) is 0 Å². The van der Waals surface area contributed by atoms with Crippen LogP contribution in [-0.4, -0.2) is 45.4 Å². The molecule has 1 aromatic heterocycles. The van der Waals surface area contributed by atoms with Gasteiger partial charge in [-0.3, -0.25) is 9.59 Å².